The van der Waals surface area contributed by atoms with Crippen LogP contribution >= 0.6 is 11.6 Å². The summed E-state index contributed by atoms with van der Waals surface area (Å²) in [6, 6.07) is 9.92. The molecule has 0 unspecified atom stereocenters. The third-order valence-electron chi connectivity index (χ3n) is 4.90. The van der Waals surface area contributed by atoms with Gasteiger partial charge in [0.15, 0.2) is 5.43 Å². The minimum atomic E-state index is -0.636. The fourth-order valence-electron chi connectivity index (χ4n) is 3.52. The van der Waals surface area contributed by atoms with Gasteiger partial charge in [0.2, 0.25) is 5.76 Å². The summed E-state index contributed by atoms with van der Waals surface area (Å²) in [5, 5.41) is 0.729. The molecule has 0 aliphatic carbocycles. The fraction of sp³-hybridized carbons (Fsp3) is 0.238. The standard InChI is InChI=1S/C21H18ClFN2O3/c1-24(2)9-10-25-18(12-3-6-14(23)7-4-12)17-19(26)15-11-13(22)5-8-16(15)28-20(17)21(25)27/h3-8,11,18H,9-10H2,1-2H3/t18-/m0/s1. The number of amides is 1. The third kappa shape index (κ3) is 3.08. The van der Waals surface area contributed by atoms with Crippen molar-refractivity contribution in [3.63, 3.8) is 0 Å². The van der Waals surface area contributed by atoms with Crippen LogP contribution in [0.25, 0.3) is 11.0 Å². The van der Waals surface area contributed by atoms with Crippen LogP contribution < -0.4 is 5.43 Å². The number of carbonyl (C=O) groups is 1. The molecule has 28 heavy (non-hydrogen) atoms. The summed E-state index contributed by atoms with van der Waals surface area (Å²) in [4.78, 5) is 29.9. The lowest BCUT2D eigenvalue weighted by atomic mass is 9.98. The van der Waals surface area contributed by atoms with Gasteiger partial charge in [-0.25, -0.2) is 4.39 Å². The summed E-state index contributed by atoms with van der Waals surface area (Å²) in [6.07, 6.45) is 0. The molecule has 0 fully saturated rings. The average Bonchev–Trinajstić information content (AvgIpc) is 2.94. The van der Waals surface area contributed by atoms with E-state index in [1.165, 1.54) is 18.2 Å². The Hall–Kier alpha value is -2.70. The number of halogens is 2. The van der Waals surface area contributed by atoms with E-state index in [2.05, 4.69) is 0 Å². The van der Waals surface area contributed by atoms with E-state index in [0.717, 1.165) is 0 Å². The smallest absolute Gasteiger partial charge is 0.290 e. The lowest BCUT2D eigenvalue weighted by Crippen LogP contribution is -2.35. The number of nitrogens with zero attached hydrogens (tertiary/aromatic N) is 2. The van der Waals surface area contributed by atoms with Gasteiger partial charge in [0.1, 0.15) is 11.4 Å². The Labute approximate surface area is 165 Å². The van der Waals surface area contributed by atoms with E-state index in [9.17, 15) is 14.0 Å². The Morgan fingerprint density at radius 1 is 1.14 bits per heavy atom. The first-order valence-electron chi connectivity index (χ1n) is 8.84. The average molecular weight is 401 g/mol. The van der Waals surface area contributed by atoms with Crippen molar-refractivity contribution in [3.8, 4) is 0 Å². The van der Waals surface area contributed by atoms with Crippen molar-refractivity contribution < 1.29 is 13.6 Å². The molecule has 5 nitrogen and oxygen atoms in total. The first kappa shape index (κ1) is 18.7. The molecule has 1 aromatic heterocycles. The van der Waals surface area contributed by atoms with E-state index in [1.807, 2.05) is 19.0 Å². The van der Waals surface area contributed by atoms with Crippen LogP contribution in [-0.2, 0) is 0 Å². The van der Waals surface area contributed by atoms with Crippen LogP contribution in [0.1, 0.15) is 27.7 Å². The molecule has 1 atom stereocenters. The molecule has 0 N–H and O–H groups in total. The van der Waals surface area contributed by atoms with Crippen LogP contribution in [0, 0.1) is 5.82 Å². The summed E-state index contributed by atoms with van der Waals surface area (Å²) in [5.41, 5.74) is 0.939. The second-order valence-corrected chi connectivity index (χ2v) is 7.51. The summed E-state index contributed by atoms with van der Waals surface area (Å²) in [7, 11) is 3.81. The largest absolute Gasteiger partial charge is 0.450 e. The molecule has 1 aliphatic rings. The lowest BCUT2D eigenvalue weighted by molar-refractivity contribution is 0.0716. The molecule has 144 valence electrons. The number of hydrogen-bond donors (Lipinski definition) is 0. The molecule has 1 amide bonds. The number of benzene rings is 2. The van der Waals surface area contributed by atoms with Crippen LogP contribution in [0.15, 0.2) is 51.7 Å². The van der Waals surface area contributed by atoms with Gasteiger partial charge in [0, 0.05) is 18.1 Å². The molecule has 0 spiro atoms. The van der Waals surface area contributed by atoms with Gasteiger partial charge in [0.25, 0.3) is 5.91 Å². The van der Waals surface area contributed by atoms with Crippen molar-refractivity contribution in [1.29, 1.82) is 0 Å². The predicted molar refractivity (Wildman–Crippen MR) is 105 cm³/mol. The minimum absolute atomic E-state index is 0.0351. The number of hydrogen-bond acceptors (Lipinski definition) is 4. The Bertz CT molecular complexity index is 1120. The summed E-state index contributed by atoms with van der Waals surface area (Å²) in [6.45, 7) is 1.01. The van der Waals surface area contributed by atoms with Gasteiger partial charge in [-0.05, 0) is 50.0 Å². The molecule has 0 bridgehead atoms. The monoisotopic (exact) mass is 400 g/mol. The number of likely N-dealkylation sites (N-methyl/N-ethyl adjacent to an activating group) is 1. The van der Waals surface area contributed by atoms with Crippen LogP contribution in [0.2, 0.25) is 5.02 Å². The lowest BCUT2D eigenvalue weighted by Gasteiger charge is -2.26. The fourth-order valence-corrected chi connectivity index (χ4v) is 3.69. The van der Waals surface area contributed by atoms with E-state index in [0.29, 0.717) is 34.6 Å². The van der Waals surface area contributed by atoms with Crippen LogP contribution in [0.3, 0.4) is 0 Å². The zero-order chi connectivity index (χ0) is 20.0. The van der Waals surface area contributed by atoms with Gasteiger partial charge in [-0.15, -0.1) is 0 Å². The van der Waals surface area contributed by atoms with Gasteiger partial charge in [-0.1, -0.05) is 23.7 Å². The van der Waals surface area contributed by atoms with Gasteiger partial charge in [-0.2, -0.15) is 0 Å². The van der Waals surface area contributed by atoms with Gasteiger partial charge < -0.3 is 14.2 Å². The Kier molecular flexibility index (Phi) is 4.69. The maximum absolute atomic E-state index is 13.4. The molecule has 1 aliphatic heterocycles. The number of carbonyl (C=O) groups excluding carboxylic acids is 1. The maximum atomic E-state index is 13.4. The second-order valence-electron chi connectivity index (χ2n) is 7.07. The predicted octanol–water partition coefficient (Wildman–Crippen LogP) is 3.69. The van der Waals surface area contributed by atoms with Gasteiger partial charge in [-0.3, -0.25) is 9.59 Å². The van der Waals surface area contributed by atoms with Crippen molar-refractivity contribution in [2.75, 3.05) is 27.2 Å². The summed E-state index contributed by atoms with van der Waals surface area (Å²) in [5.74, 6) is -0.696. The van der Waals surface area contributed by atoms with Crippen molar-refractivity contribution in [2.45, 2.75) is 6.04 Å². The van der Waals surface area contributed by atoms with Crippen LogP contribution in [-0.4, -0.2) is 42.9 Å². The minimum Gasteiger partial charge on any atom is -0.450 e. The molecule has 0 radical (unpaired) electrons. The van der Waals surface area contributed by atoms with E-state index in [1.54, 1.807) is 29.2 Å². The molecule has 0 saturated carbocycles. The molecule has 0 saturated heterocycles. The first-order chi connectivity index (χ1) is 13.4. The normalized spacial score (nSPS) is 16.2. The molecule has 4 rings (SSSR count). The molecular formula is C21H18ClFN2O3. The van der Waals surface area contributed by atoms with E-state index >= 15 is 0 Å². The van der Waals surface area contributed by atoms with Crippen molar-refractivity contribution in [1.82, 2.24) is 9.80 Å². The van der Waals surface area contributed by atoms with Crippen LogP contribution in [0.5, 0.6) is 0 Å². The highest BCUT2D eigenvalue weighted by Gasteiger charge is 2.42. The van der Waals surface area contributed by atoms with E-state index in [-0.39, 0.29) is 28.5 Å². The maximum Gasteiger partial charge on any atom is 0.290 e. The molecule has 3 aromatic rings. The Balaban J connectivity index is 1.94. The summed E-state index contributed by atoms with van der Waals surface area (Å²) < 4.78 is 19.3. The van der Waals surface area contributed by atoms with Crippen LogP contribution in [0.4, 0.5) is 4.39 Å². The van der Waals surface area contributed by atoms with Crippen molar-refractivity contribution in [3.05, 3.63) is 80.4 Å². The van der Waals surface area contributed by atoms with Crippen molar-refractivity contribution >= 4 is 28.5 Å². The third-order valence-corrected chi connectivity index (χ3v) is 5.14. The second kappa shape index (κ2) is 7.04. The van der Waals surface area contributed by atoms with Crippen molar-refractivity contribution in [2.24, 2.45) is 0 Å². The zero-order valence-corrected chi connectivity index (χ0v) is 16.2. The number of rotatable bonds is 4. The highest BCUT2D eigenvalue weighted by atomic mass is 35.5. The van der Waals surface area contributed by atoms with E-state index < -0.39 is 6.04 Å². The molecular weight excluding hydrogens is 383 g/mol. The Morgan fingerprint density at radius 2 is 1.86 bits per heavy atom. The molecule has 2 aromatic carbocycles. The quantitative estimate of drug-likeness (QED) is 0.670. The molecule has 7 heteroatoms. The number of fused-ring (bicyclic) bond motifs is 2. The Morgan fingerprint density at radius 3 is 2.54 bits per heavy atom. The van der Waals surface area contributed by atoms with Gasteiger partial charge in [0.05, 0.1) is 17.0 Å². The summed E-state index contributed by atoms with van der Waals surface area (Å²) >= 11 is 6.05. The van der Waals surface area contributed by atoms with E-state index in [4.69, 9.17) is 16.0 Å². The highest BCUT2D eigenvalue weighted by Crippen LogP contribution is 2.38. The highest BCUT2D eigenvalue weighted by molar-refractivity contribution is 6.31. The SMILES string of the molecule is CN(C)CCN1C(=O)c2oc3ccc(Cl)cc3c(=O)c2[C@@H]1c1ccc(F)cc1. The van der Waals surface area contributed by atoms with Gasteiger partial charge >= 0.3 is 0 Å². The first-order valence-corrected chi connectivity index (χ1v) is 9.22. The zero-order valence-electron chi connectivity index (χ0n) is 15.4. The molecule has 2 heterocycles. The topological polar surface area (TPSA) is 53.8 Å².